The lowest BCUT2D eigenvalue weighted by Crippen LogP contribution is -2.40. The Morgan fingerprint density at radius 2 is 1.94 bits per heavy atom. The predicted octanol–water partition coefficient (Wildman–Crippen LogP) is 3.50. The zero-order valence-electron chi connectivity index (χ0n) is 18.5. The highest BCUT2D eigenvalue weighted by atomic mass is 35.5. The monoisotopic (exact) mass is 508 g/mol. The van der Waals surface area contributed by atoms with Crippen LogP contribution in [0.15, 0.2) is 50.8 Å². The van der Waals surface area contributed by atoms with Crippen LogP contribution in [-0.4, -0.2) is 44.1 Å². The van der Waals surface area contributed by atoms with Gasteiger partial charge in [-0.25, -0.2) is 4.79 Å². The quantitative estimate of drug-likeness (QED) is 0.383. The predicted molar refractivity (Wildman–Crippen MR) is 127 cm³/mol. The van der Waals surface area contributed by atoms with E-state index in [1.54, 1.807) is 51.1 Å². The number of imidazole rings is 1. The fraction of sp³-hybridized carbons (Fsp3) is 0.273. The largest absolute Gasteiger partial charge is 0.493 e. The Hall–Kier alpha value is -3.34. The Balaban J connectivity index is 1.75. The van der Waals surface area contributed by atoms with Gasteiger partial charge in [-0.2, -0.15) is 14.3 Å². The summed E-state index contributed by atoms with van der Waals surface area (Å²) in [5, 5.41) is 14.8. The van der Waals surface area contributed by atoms with Gasteiger partial charge in [-0.1, -0.05) is 23.2 Å². The molecule has 1 unspecified atom stereocenters. The van der Waals surface area contributed by atoms with Gasteiger partial charge in [0.15, 0.2) is 0 Å². The molecular formula is C22H22Cl2N4O6. The summed E-state index contributed by atoms with van der Waals surface area (Å²) >= 11 is 11.9. The van der Waals surface area contributed by atoms with Crippen molar-refractivity contribution in [2.75, 3.05) is 0 Å². The Morgan fingerprint density at radius 3 is 2.59 bits per heavy atom. The van der Waals surface area contributed by atoms with Gasteiger partial charge in [0.2, 0.25) is 11.8 Å². The van der Waals surface area contributed by atoms with Crippen molar-refractivity contribution in [1.29, 1.82) is 0 Å². The summed E-state index contributed by atoms with van der Waals surface area (Å²) in [6, 6.07) is 6.96. The van der Waals surface area contributed by atoms with Gasteiger partial charge in [-0.15, -0.1) is 0 Å². The maximum Gasteiger partial charge on any atom is 0.358 e. The molecule has 0 saturated carbocycles. The van der Waals surface area contributed by atoms with Gasteiger partial charge in [0.1, 0.15) is 23.2 Å². The van der Waals surface area contributed by atoms with Crippen LogP contribution < -0.4 is 11.4 Å². The minimum absolute atomic E-state index is 0.290. The maximum absolute atomic E-state index is 12.5. The van der Waals surface area contributed by atoms with Gasteiger partial charge in [-0.3, -0.25) is 9.59 Å². The number of benzene rings is 1. The molecule has 0 fully saturated rings. The molecule has 3 rings (SSSR count). The summed E-state index contributed by atoms with van der Waals surface area (Å²) in [5.41, 5.74) is 4.65. The van der Waals surface area contributed by atoms with Gasteiger partial charge in [0.05, 0.1) is 28.9 Å². The summed E-state index contributed by atoms with van der Waals surface area (Å²) in [7, 11) is 0. The second kappa shape index (κ2) is 9.88. The first-order chi connectivity index (χ1) is 15.9. The van der Waals surface area contributed by atoms with Crippen LogP contribution in [0.1, 0.15) is 37.7 Å². The third-order valence-electron chi connectivity index (χ3n) is 4.35. The van der Waals surface area contributed by atoms with Crippen molar-refractivity contribution in [2.45, 2.75) is 38.8 Å². The Labute approximate surface area is 204 Å². The van der Waals surface area contributed by atoms with E-state index in [2.05, 4.69) is 5.10 Å². The van der Waals surface area contributed by atoms with Crippen LogP contribution >= 0.6 is 23.2 Å². The van der Waals surface area contributed by atoms with Crippen LogP contribution in [0, 0.1) is 0 Å². The van der Waals surface area contributed by atoms with Gasteiger partial charge in [-0.05, 0) is 51.1 Å². The molecule has 1 aromatic carbocycles. The molecule has 12 heteroatoms. The van der Waals surface area contributed by atoms with Crippen molar-refractivity contribution in [2.24, 2.45) is 10.8 Å². The average Bonchev–Trinajstić information content (AvgIpc) is 3.31. The first-order valence-electron chi connectivity index (χ1n) is 10.0. The van der Waals surface area contributed by atoms with Gasteiger partial charge >= 0.3 is 11.7 Å². The van der Waals surface area contributed by atoms with Crippen LogP contribution in [0.2, 0.25) is 10.0 Å². The van der Waals surface area contributed by atoms with Crippen molar-refractivity contribution in [3.63, 3.8) is 0 Å². The summed E-state index contributed by atoms with van der Waals surface area (Å²) in [5.74, 6) is -1.59. The normalized spacial score (nSPS) is 12.8. The maximum atomic E-state index is 12.5. The van der Waals surface area contributed by atoms with Crippen LogP contribution in [-0.2, 0) is 9.53 Å². The lowest BCUT2D eigenvalue weighted by atomic mass is 10.1. The molecule has 3 aromatic rings. The number of hydrogen-bond donors (Lipinski definition) is 2. The third-order valence-corrected chi connectivity index (χ3v) is 5.09. The number of rotatable bonds is 6. The Bertz CT molecular complexity index is 1320. The van der Waals surface area contributed by atoms with Crippen LogP contribution in [0.25, 0.3) is 11.3 Å². The minimum atomic E-state index is -1.31. The zero-order valence-corrected chi connectivity index (χ0v) is 20.0. The fourth-order valence-corrected chi connectivity index (χ4v) is 3.12. The number of carbonyl (C=O) groups is 2. The number of esters is 1. The number of nitrogens with zero attached hydrogens (tertiary/aromatic N) is 3. The lowest BCUT2D eigenvalue weighted by molar-refractivity contribution is -0.156. The summed E-state index contributed by atoms with van der Waals surface area (Å²) < 4.78 is 12.0. The van der Waals surface area contributed by atoms with Crippen molar-refractivity contribution in [3.05, 3.63) is 62.8 Å². The molecule has 0 amide bonds. The molecule has 1 atom stereocenters. The smallest absolute Gasteiger partial charge is 0.358 e. The molecule has 0 spiro atoms. The summed E-state index contributed by atoms with van der Waals surface area (Å²) in [6.45, 7) is 4.96. The van der Waals surface area contributed by atoms with Crippen molar-refractivity contribution < 1.29 is 23.8 Å². The van der Waals surface area contributed by atoms with Crippen molar-refractivity contribution >= 4 is 41.3 Å². The molecule has 0 radical (unpaired) electrons. The van der Waals surface area contributed by atoms with Crippen LogP contribution in [0.5, 0.6) is 5.88 Å². The molecule has 0 aliphatic rings. The molecule has 180 valence electrons. The van der Waals surface area contributed by atoms with E-state index in [0.29, 0.717) is 31.7 Å². The SMILES string of the molecule is CC(C)(C)OC(=O)C(N)CC(=O)n1c(O)cn(N=Cc2ccc(-c3ccc(Cl)c(Cl)c3)o2)c1=O. The van der Waals surface area contributed by atoms with E-state index in [4.69, 9.17) is 38.1 Å². The zero-order chi connectivity index (χ0) is 25.2. The fourth-order valence-electron chi connectivity index (χ4n) is 2.83. The highest BCUT2D eigenvalue weighted by molar-refractivity contribution is 6.42. The van der Waals surface area contributed by atoms with E-state index >= 15 is 0 Å². The number of halogens is 2. The molecule has 2 aromatic heterocycles. The lowest BCUT2D eigenvalue weighted by Gasteiger charge is -2.21. The highest BCUT2D eigenvalue weighted by Gasteiger charge is 2.27. The number of hydrogen-bond acceptors (Lipinski definition) is 8. The summed E-state index contributed by atoms with van der Waals surface area (Å²) in [4.78, 5) is 37.0. The molecular weight excluding hydrogens is 487 g/mol. The molecule has 10 nitrogen and oxygen atoms in total. The number of aromatic nitrogens is 2. The van der Waals surface area contributed by atoms with E-state index < -0.39 is 41.5 Å². The number of furan rings is 1. The van der Waals surface area contributed by atoms with Crippen LogP contribution in [0.3, 0.4) is 0 Å². The molecule has 34 heavy (non-hydrogen) atoms. The van der Waals surface area contributed by atoms with Gasteiger partial charge in [0.25, 0.3) is 0 Å². The van der Waals surface area contributed by atoms with E-state index in [0.717, 1.165) is 10.9 Å². The van der Waals surface area contributed by atoms with Gasteiger partial charge < -0.3 is 20.0 Å². The number of ether oxygens (including phenoxy) is 1. The van der Waals surface area contributed by atoms with E-state index in [1.165, 1.54) is 6.21 Å². The number of nitrogens with two attached hydrogens (primary N) is 1. The Morgan fingerprint density at radius 1 is 1.24 bits per heavy atom. The average molecular weight is 509 g/mol. The third kappa shape index (κ3) is 5.96. The standard InChI is InChI=1S/C22H22Cl2N4O6/c1-22(2,3)34-20(31)16(25)9-18(29)28-19(30)11-27(21(28)32)26-10-13-5-7-17(33-13)12-4-6-14(23)15(24)8-12/h4-8,10-11,16,30H,9,25H2,1-3H3. The van der Waals surface area contributed by atoms with E-state index in [-0.39, 0.29) is 0 Å². The van der Waals surface area contributed by atoms with E-state index in [1.807, 2.05) is 0 Å². The van der Waals surface area contributed by atoms with Crippen molar-refractivity contribution in [3.8, 4) is 17.2 Å². The number of carbonyl (C=O) groups excluding carboxylic acids is 2. The van der Waals surface area contributed by atoms with Gasteiger partial charge in [0, 0.05) is 5.56 Å². The molecule has 3 N–H and O–H groups in total. The molecule has 0 aliphatic carbocycles. The van der Waals surface area contributed by atoms with Crippen molar-refractivity contribution in [1.82, 2.24) is 9.24 Å². The topological polar surface area (TPSA) is 142 Å². The van der Waals surface area contributed by atoms with E-state index in [9.17, 15) is 19.5 Å². The first-order valence-corrected chi connectivity index (χ1v) is 10.8. The molecule has 2 heterocycles. The molecule has 0 aliphatic heterocycles. The minimum Gasteiger partial charge on any atom is -0.493 e. The Kier molecular flexibility index (Phi) is 7.35. The second-order valence-corrected chi connectivity index (χ2v) is 9.08. The highest BCUT2D eigenvalue weighted by Crippen LogP contribution is 2.29. The molecule has 0 saturated heterocycles. The van der Waals surface area contributed by atoms with Crippen LogP contribution in [0.4, 0.5) is 0 Å². The first kappa shape index (κ1) is 25.3. The summed E-state index contributed by atoms with van der Waals surface area (Å²) in [6.07, 6.45) is 1.61. The molecule has 0 bridgehead atoms. The number of aromatic hydroxyl groups is 1. The second-order valence-electron chi connectivity index (χ2n) is 8.26.